The van der Waals surface area contributed by atoms with Gasteiger partial charge in [0.25, 0.3) is 0 Å². The first kappa shape index (κ1) is 17.8. The van der Waals surface area contributed by atoms with Crippen molar-refractivity contribution < 1.29 is 8.42 Å². The van der Waals surface area contributed by atoms with E-state index in [1.165, 1.54) is 0 Å². The summed E-state index contributed by atoms with van der Waals surface area (Å²) in [6.45, 7) is 1.39. The van der Waals surface area contributed by atoms with Crippen LogP contribution in [-0.4, -0.2) is 41.3 Å². The van der Waals surface area contributed by atoms with Crippen LogP contribution in [-0.2, 0) is 16.6 Å². The van der Waals surface area contributed by atoms with Gasteiger partial charge in [-0.1, -0.05) is 30.3 Å². The van der Waals surface area contributed by atoms with Crippen molar-refractivity contribution in [2.24, 2.45) is 0 Å². The lowest BCUT2D eigenvalue weighted by Gasteiger charge is -2.23. The molecule has 0 unspecified atom stereocenters. The highest BCUT2D eigenvalue weighted by Gasteiger charge is 2.28. The van der Waals surface area contributed by atoms with E-state index in [9.17, 15) is 8.42 Å². The molecule has 1 aliphatic heterocycles. The number of hydrogen-bond acceptors (Lipinski definition) is 6. The van der Waals surface area contributed by atoms with Gasteiger partial charge in [-0.3, -0.25) is 4.98 Å². The first-order valence-electron chi connectivity index (χ1n) is 9.20. The number of nitrogens with zero attached hydrogens (tertiary/aromatic N) is 5. The number of benzene rings is 1. The lowest BCUT2D eigenvalue weighted by Crippen LogP contribution is -2.30. The molecule has 3 aromatic heterocycles. The fourth-order valence-electron chi connectivity index (χ4n) is 3.48. The molecule has 5 rings (SSSR count). The van der Waals surface area contributed by atoms with E-state index in [1.807, 2.05) is 47.4 Å². The highest BCUT2D eigenvalue weighted by molar-refractivity contribution is 7.89. The topological polar surface area (TPSA) is 93.0 Å². The molecule has 0 saturated heterocycles. The number of anilines is 1. The molecule has 0 fully saturated rings. The number of hydrogen-bond donors (Lipinski definition) is 1. The molecule has 4 heterocycles. The third kappa shape index (κ3) is 3.24. The average Bonchev–Trinajstić information content (AvgIpc) is 3.12. The van der Waals surface area contributed by atoms with Crippen molar-refractivity contribution in [3.63, 3.8) is 0 Å². The van der Waals surface area contributed by atoms with Crippen molar-refractivity contribution in [2.75, 3.05) is 18.0 Å². The molecular weight excluding hydrogens is 388 g/mol. The summed E-state index contributed by atoms with van der Waals surface area (Å²) in [4.78, 5) is 11.2. The molecule has 8 nitrogen and oxygen atoms in total. The molecule has 9 heteroatoms. The minimum atomic E-state index is -3.63. The monoisotopic (exact) mass is 406 g/mol. The van der Waals surface area contributed by atoms with E-state index in [0.29, 0.717) is 31.3 Å². The molecular formula is C20H18N6O2S. The standard InChI is InChI=1S/C20H18N6O2S/c27-29(28)18-8-9-19(26-17-7-4-10-21-16(17)13-22-26)24-20(18)25(12-11-23-29)14-15-5-2-1-3-6-15/h1-10,13,23H,11-12,14H2. The lowest BCUT2D eigenvalue weighted by molar-refractivity contribution is 0.584. The van der Waals surface area contributed by atoms with Crippen molar-refractivity contribution >= 4 is 26.9 Å². The van der Waals surface area contributed by atoms with Crippen molar-refractivity contribution in [2.45, 2.75) is 11.4 Å². The maximum atomic E-state index is 12.7. The van der Waals surface area contributed by atoms with Crippen LogP contribution in [0.1, 0.15) is 5.56 Å². The molecule has 0 spiro atoms. The average molecular weight is 406 g/mol. The van der Waals surface area contributed by atoms with Crippen LogP contribution >= 0.6 is 0 Å². The van der Waals surface area contributed by atoms with Gasteiger partial charge < -0.3 is 4.90 Å². The molecule has 0 atom stereocenters. The summed E-state index contributed by atoms with van der Waals surface area (Å²) in [6.07, 6.45) is 3.38. The summed E-state index contributed by atoms with van der Waals surface area (Å²) >= 11 is 0. The van der Waals surface area contributed by atoms with Gasteiger partial charge in [0.1, 0.15) is 10.4 Å². The Morgan fingerprint density at radius 1 is 1.03 bits per heavy atom. The molecule has 0 bridgehead atoms. The number of fused-ring (bicyclic) bond motifs is 2. The Balaban J connectivity index is 1.65. The minimum absolute atomic E-state index is 0.171. The SMILES string of the molecule is O=S1(=O)NCCN(Cc2ccccc2)c2nc(-n3ncc4ncccc43)ccc21. The zero-order chi connectivity index (χ0) is 19.8. The van der Waals surface area contributed by atoms with Crippen LogP contribution in [0.15, 0.2) is 71.9 Å². The second-order valence-electron chi connectivity index (χ2n) is 6.76. The molecule has 4 aromatic rings. The van der Waals surface area contributed by atoms with E-state index >= 15 is 0 Å². The van der Waals surface area contributed by atoms with E-state index in [4.69, 9.17) is 4.98 Å². The quantitative estimate of drug-likeness (QED) is 0.560. The highest BCUT2D eigenvalue weighted by Crippen LogP contribution is 2.28. The molecule has 146 valence electrons. The Bertz CT molecular complexity index is 1290. The summed E-state index contributed by atoms with van der Waals surface area (Å²) in [5.41, 5.74) is 2.64. The van der Waals surface area contributed by atoms with E-state index in [0.717, 1.165) is 16.6 Å². The van der Waals surface area contributed by atoms with Gasteiger partial charge in [-0.25, -0.2) is 22.8 Å². The molecule has 1 aliphatic rings. The molecule has 0 radical (unpaired) electrons. The summed E-state index contributed by atoms with van der Waals surface area (Å²) in [7, 11) is -3.63. The van der Waals surface area contributed by atoms with Gasteiger partial charge >= 0.3 is 0 Å². The van der Waals surface area contributed by atoms with Crippen LogP contribution in [0.4, 0.5) is 5.82 Å². The molecule has 29 heavy (non-hydrogen) atoms. The van der Waals surface area contributed by atoms with Gasteiger partial charge in [0.05, 0.1) is 11.7 Å². The number of aromatic nitrogens is 4. The third-order valence-electron chi connectivity index (χ3n) is 4.86. The second-order valence-corrected chi connectivity index (χ2v) is 8.50. The van der Waals surface area contributed by atoms with E-state index < -0.39 is 10.0 Å². The van der Waals surface area contributed by atoms with Gasteiger partial charge in [0, 0.05) is 25.8 Å². The van der Waals surface area contributed by atoms with Crippen LogP contribution in [0.2, 0.25) is 0 Å². The van der Waals surface area contributed by atoms with Crippen LogP contribution in [0, 0.1) is 0 Å². The zero-order valence-electron chi connectivity index (χ0n) is 15.4. The largest absolute Gasteiger partial charge is 0.350 e. The molecule has 0 amide bonds. The highest BCUT2D eigenvalue weighted by atomic mass is 32.2. The number of rotatable bonds is 3. The minimum Gasteiger partial charge on any atom is -0.350 e. The Kier molecular flexibility index (Phi) is 4.26. The van der Waals surface area contributed by atoms with Crippen LogP contribution in [0.3, 0.4) is 0 Å². The Hall–Kier alpha value is -3.30. The predicted molar refractivity (Wildman–Crippen MR) is 109 cm³/mol. The van der Waals surface area contributed by atoms with Gasteiger partial charge in [-0.05, 0) is 29.8 Å². The van der Waals surface area contributed by atoms with Crippen molar-refractivity contribution in [1.82, 2.24) is 24.5 Å². The van der Waals surface area contributed by atoms with Gasteiger partial charge in [0.15, 0.2) is 11.6 Å². The van der Waals surface area contributed by atoms with Gasteiger partial charge in [-0.15, -0.1) is 0 Å². The van der Waals surface area contributed by atoms with Gasteiger partial charge in [0.2, 0.25) is 10.0 Å². The maximum Gasteiger partial charge on any atom is 0.244 e. The maximum absolute atomic E-state index is 12.7. The fraction of sp³-hybridized carbons (Fsp3) is 0.150. The molecule has 1 aromatic carbocycles. The first-order valence-corrected chi connectivity index (χ1v) is 10.7. The van der Waals surface area contributed by atoms with Crippen LogP contribution in [0.25, 0.3) is 16.9 Å². The summed E-state index contributed by atoms with van der Waals surface area (Å²) in [5, 5.41) is 4.39. The molecule has 0 saturated carbocycles. The smallest absolute Gasteiger partial charge is 0.244 e. The lowest BCUT2D eigenvalue weighted by atomic mass is 10.2. The van der Waals surface area contributed by atoms with E-state index in [-0.39, 0.29) is 4.90 Å². The first-order chi connectivity index (χ1) is 14.1. The van der Waals surface area contributed by atoms with Crippen LogP contribution in [0.5, 0.6) is 0 Å². The van der Waals surface area contributed by atoms with E-state index in [2.05, 4.69) is 14.8 Å². The van der Waals surface area contributed by atoms with Crippen molar-refractivity contribution in [3.8, 4) is 5.82 Å². The zero-order valence-corrected chi connectivity index (χ0v) is 16.2. The van der Waals surface area contributed by atoms with Crippen molar-refractivity contribution in [1.29, 1.82) is 0 Å². The number of nitrogens with one attached hydrogen (secondary N) is 1. The fourth-order valence-corrected chi connectivity index (χ4v) is 4.66. The van der Waals surface area contributed by atoms with Crippen molar-refractivity contribution in [3.05, 3.63) is 72.6 Å². The Morgan fingerprint density at radius 2 is 1.90 bits per heavy atom. The second kappa shape index (κ2) is 6.94. The molecule has 0 aliphatic carbocycles. The molecule has 1 N–H and O–H groups in total. The van der Waals surface area contributed by atoms with Crippen LogP contribution < -0.4 is 9.62 Å². The summed E-state index contributed by atoms with van der Waals surface area (Å²) in [6, 6.07) is 16.9. The number of pyridine rings is 2. The number of sulfonamides is 1. The summed E-state index contributed by atoms with van der Waals surface area (Å²) in [5.74, 6) is 0.964. The normalized spacial score (nSPS) is 15.8. The predicted octanol–water partition coefficient (Wildman–Crippen LogP) is 2.11. The Labute approximate surface area is 167 Å². The third-order valence-corrected chi connectivity index (χ3v) is 6.34. The van der Waals surface area contributed by atoms with Gasteiger partial charge in [-0.2, -0.15) is 5.10 Å². The van der Waals surface area contributed by atoms with E-state index in [1.54, 1.807) is 29.2 Å². The Morgan fingerprint density at radius 3 is 2.76 bits per heavy atom. The summed E-state index contributed by atoms with van der Waals surface area (Å²) < 4.78 is 29.7.